The average molecular weight is 355 g/mol. The van der Waals surface area contributed by atoms with Crippen molar-refractivity contribution in [2.75, 3.05) is 5.32 Å². The van der Waals surface area contributed by atoms with Gasteiger partial charge >= 0.3 is 0 Å². The van der Waals surface area contributed by atoms with Gasteiger partial charge < -0.3 is 11.1 Å². The highest BCUT2D eigenvalue weighted by Gasteiger charge is 2.28. The molecule has 2 atom stereocenters. The van der Waals surface area contributed by atoms with Crippen molar-refractivity contribution in [3.63, 3.8) is 0 Å². The first-order valence-electron chi connectivity index (χ1n) is 7.35. The summed E-state index contributed by atoms with van der Waals surface area (Å²) < 4.78 is 0.965. The van der Waals surface area contributed by atoms with Crippen LogP contribution in [0.5, 0.6) is 0 Å². The van der Waals surface area contributed by atoms with Crippen LogP contribution in [0, 0.1) is 11.8 Å². The Kier molecular flexibility index (Phi) is 5.44. The molecule has 110 valence electrons. The van der Waals surface area contributed by atoms with Crippen LogP contribution in [0.2, 0.25) is 0 Å². The van der Waals surface area contributed by atoms with Gasteiger partial charge in [0.1, 0.15) is 4.99 Å². The highest BCUT2D eigenvalue weighted by molar-refractivity contribution is 9.10. The summed E-state index contributed by atoms with van der Waals surface area (Å²) in [5, 5.41) is 3.71. The number of anilines is 1. The van der Waals surface area contributed by atoms with Crippen LogP contribution in [0.4, 0.5) is 5.69 Å². The molecule has 2 unspecified atom stereocenters. The maximum Gasteiger partial charge on any atom is 0.107 e. The van der Waals surface area contributed by atoms with Crippen molar-refractivity contribution < 1.29 is 0 Å². The van der Waals surface area contributed by atoms with E-state index in [0.29, 0.717) is 16.9 Å². The molecule has 0 saturated heterocycles. The maximum absolute atomic E-state index is 5.88. The highest BCUT2D eigenvalue weighted by Crippen LogP contribution is 2.34. The van der Waals surface area contributed by atoms with Gasteiger partial charge in [-0.25, -0.2) is 0 Å². The van der Waals surface area contributed by atoms with Crippen LogP contribution in [-0.4, -0.2) is 11.0 Å². The van der Waals surface area contributed by atoms with Crippen molar-refractivity contribution in [3.8, 4) is 0 Å². The molecule has 1 aliphatic rings. The topological polar surface area (TPSA) is 38.0 Å². The van der Waals surface area contributed by atoms with Crippen molar-refractivity contribution in [1.82, 2.24) is 0 Å². The molecule has 1 fully saturated rings. The Morgan fingerprint density at radius 3 is 2.70 bits per heavy atom. The number of nitrogens with two attached hydrogens (primary N) is 1. The molecule has 0 bridgehead atoms. The van der Waals surface area contributed by atoms with Crippen molar-refractivity contribution in [1.29, 1.82) is 0 Å². The predicted molar refractivity (Wildman–Crippen MR) is 94.2 cm³/mol. The Labute approximate surface area is 135 Å². The lowest BCUT2D eigenvalue weighted by Gasteiger charge is -2.36. The molecule has 0 aliphatic heterocycles. The van der Waals surface area contributed by atoms with Gasteiger partial charge in [0.15, 0.2) is 0 Å². The summed E-state index contributed by atoms with van der Waals surface area (Å²) in [6.07, 6.45) is 5.19. The summed E-state index contributed by atoms with van der Waals surface area (Å²) in [7, 11) is 0. The Balaban J connectivity index is 2.24. The second-order valence-corrected chi connectivity index (χ2v) is 7.26. The number of rotatable bonds is 4. The molecule has 1 aromatic carbocycles. The third kappa shape index (κ3) is 3.53. The van der Waals surface area contributed by atoms with Crippen molar-refractivity contribution in [2.45, 2.75) is 45.6 Å². The Bertz CT molecular complexity index is 487. The summed E-state index contributed by atoms with van der Waals surface area (Å²) >= 11 is 8.74. The maximum atomic E-state index is 5.88. The SMILES string of the molecule is CC(C)C1CCCCC1Nc1cccc(Br)c1C(N)=S. The minimum absolute atomic E-state index is 0.442. The van der Waals surface area contributed by atoms with Gasteiger partial charge in [0.2, 0.25) is 0 Å². The van der Waals surface area contributed by atoms with Gasteiger partial charge in [-0.15, -0.1) is 0 Å². The fourth-order valence-electron chi connectivity index (χ4n) is 3.23. The molecule has 0 radical (unpaired) electrons. The van der Waals surface area contributed by atoms with Crippen LogP contribution in [0.25, 0.3) is 0 Å². The molecule has 0 amide bonds. The Morgan fingerprint density at radius 1 is 1.35 bits per heavy atom. The van der Waals surface area contributed by atoms with Crippen LogP contribution >= 0.6 is 28.1 Å². The van der Waals surface area contributed by atoms with Gasteiger partial charge in [-0.2, -0.15) is 0 Å². The lowest BCUT2D eigenvalue weighted by atomic mass is 9.77. The largest absolute Gasteiger partial charge is 0.389 e. The molecule has 0 spiro atoms. The Hall–Kier alpha value is -0.610. The number of hydrogen-bond donors (Lipinski definition) is 2. The molecule has 2 rings (SSSR count). The third-order valence-corrected chi connectivity index (χ3v) is 5.14. The van der Waals surface area contributed by atoms with Crippen molar-refractivity contribution >= 4 is 38.8 Å². The normalized spacial score (nSPS) is 22.8. The quantitative estimate of drug-likeness (QED) is 0.768. The zero-order valence-corrected chi connectivity index (χ0v) is 14.6. The number of halogens is 1. The molecule has 3 N–H and O–H groups in total. The van der Waals surface area contributed by atoms with E-state index in [-0.39, 0.29) is 0 Å². The van der Waals surface area contributed by atoms with E-state index in [9.17, 15) is 0 Å². The molecule has 1 aliphatic carbocycles. The number of nitrogens with one attached hydrogen (secondary N) is 1. The summed E-state index contributed by atoms with van der Waals surface area (Å²) in [6, 6.07) is 6.61. The standard InChI is InChI=1S/C16H23BrN2S/c1-10(2)11-6-3-4-8-13(11)19-14-9-5-7-12(17)15(14)16(18)20/h5,7,9-11,13,19H,3-4,6,8H2,1-2H3,(H2,18,20). The van der Waals surface area contributed by atoms with E-state index in [1.165, 1.54) is 25.7 Å². The number of benzene rings is 1. The second-order valence-electron chi connectivity index (χ2n) is 5.97. The average Bonchev–Trinajstić information content (AvgIpc) is 2.38. The molecular weight excluding hydrogens is 332 g/mol. The predicted octanol–water partition coefficient (Wildman–Crippen LogP) is 4.71. The summed E-state index contributed by atoms with van der Waals surface area (Å²) in [5.41, 5.74) is 7.86. The fourth-order valence-corrected chi connectivity index (χ4v) is 4.16. The van der Waals surface area contributed by atoms with Gasteiger partial charge in [-0.1, -0.05) is 45.0 Å². The third-order valence-electron chi connectivity index (χ3n) is 4.28. The zero-order valence-electron chi connectivity index (χ0n) is 12.2. The molecule has 2 nitrogen and oxygen atoms in total. The molecule has 1 aromatic rings. The minimum atomic E-state index is 0.442. The fraction of sp³-hybridized carbons (Fsp3) is 0.562. The van der Waals surface area contributed by atoms with E-state index in [4.69, 9.17) is 18.0 Å². The molecule has 1 saturated carbocycles. The van der Waals surface area contributed by atoms with E-state index < -0.39 is 0 Å². The van der Waals surface area contributed by atoms with E-state index in [1.54, 1.807) is 0 Å². The molecule has 0 heterocycles. The molecule has 20 heavy (non-hydrogen) atoms. The first-order valence-corrected chi connectivity index (χ1v) is 8.55. The van der Waals surface area contributed by atoms with Crippen molar-refractivity contribution in [3.05, 3.63) is 28.2 Å². The van der Waals surface area contributed by atoms with Crippen LogP contribution < -0.4 is 11.1 Å². The summed E-state index contributed by atoms with van der Waals surface area (Å²) in [4.78, 5) is 0.442. The molecule has 0 aromatic heterocycles. The number of thiocarbonyl (C=S) groups is 1. The van der Waals surface area contributed by atoms with Crippen LogP contribution in [0.3, 0.4) is 0 Å². The highest BCUT2D eigenvalue weighted by atomic mass is 79.9. The van der Waals surface area contributed by atoms with Gasteiger partial charge in [0.25, 0.3) is 0 Å². The van der Waals surface area contributed by atoms with Gasteiger partial charge in [0, 0.05) is 21.8 Å². The van der Waals surface area contributed by atoms with E-state index in [0.717, 1.165) is 21.6 Å². The van der Waals surface area contributed by atoms with Crippen LogP contribution in [0.1, 0.15) is 45.1 Å². The smallest absolute Gasteiger partial charge is 0.107 e. The first-order chi connectivity index (χ1) is 9.50. The second kappa shape index (κ2) is 6.90. The lowest BCUT2D eigenvalue weighted by Crippen LogP contribution is -2.35. The van der Waals surface area contributed by atoms with E-state index >= 15 is 0 Å². The van der Waals surface area contributed by atoms with Crippen LogP contribution in [0.15, 0.2) is 22.7 Å². The van der Waals surface area contributed by atoms with Gasteiger partial charge in [-0.05, 0) is 52.7 Å². The van der Waals surface area contributed by atoms with Crippen molar-refractivity contribution in [2.24, 2.45) is 17.6 Å². The monoisotopic (exact) mass is 354 g/mol. The first kappa shape index (κ1) is 15.8. The molecule has 4 heteroatoms. The molecular formula is C16H23BrN2S. The van der Waals surface area contributed by atoms with Gasteiger partial charge in [-0.3, -0.25) is 0 Å². The van der Waals surface area contributed by atoms with E-state index in [1.807, 2.05) is 12.1 Å². The number of hydrogen-bond acceptors (Lipinski definition) is 2. The lowest BCUT2D eigenvalue weighted by molar-refractivity contribution is 0.254. The van der Waals surface area contributed by atoms with Gasteiger partial charge in [0.05, 0.1) is 0 Å². The zero-order chi connectivity index (χ0) is 14.7. The minimum Gasteiger partial charge on any atom is -0.389 e. The van der Waals surface area contributed by atoms with E-state index in [2.05, 4.69) is 41.2 Å². The Morgan fingerprint density at radius 2 is 2.05 bits per heavy atom. The summed E-state index contributed by atoms with van der Waals surface area (Å²) in [6.45, 7) is 4.64. The summed E-state index contributed by atoms with van der Waals surface area (Å²) in [5.74, 6) is 1.43. The van der Waals surface area contributed by atoms with Crippen LogP contribution in [-0.2, 0) is 0 Å².